The van der Waals surface area contributed by atoms with E-state index in [9.17, 15) is 0 Å². The van der Waals surface area contributed by atoms with E-state index in [1.807, 2.05) is 49.4 Å². The summed E-state index contributed by atoms with van der Waals surface area (Å²) in [4.78, 5) is 0. The molecule has 0 saturated heterocycles. The minimum atomic E-state index is 0.788. The molecule has 0 spiro atoms. The molecule has 0 aliphatic heterocycles. The van der Waals surface area contributed by atoms with Gasteiger partial charge in [-0.2, -0.15) is 0 Å². The van der Waals surface area contributed by atoms with Gasteiger partial charge in [0.1, 0.15) is 11.5 Å². The van der Waals surface area contributed by atoms with Gasteiger partial charge < -0.3 is 4.74 Å². The third kappa shape index (κ3) is 3.86. The van der Waals surface area contributed by atoms with E-state index < -0.39 is 0 Å². The highest BCUT2D eigenvalue weighted by Crippen LogP contribution is 2.15. The predicted octanol–water partition coefficient (Wildman–Crippen LogP) is 4.02. The van der Waals surface area contributed by atoms with Gasteiger partial charge in [-0.25, -0.2) is 0 Å². The van der Waals surface area contributed by atoms with E-state index in [1.54, 1.807) is 6.08 Å². The molecule has 0 N–H and O–H groups in total. The molecule has 1 nitrogen and oxygen atoms in total. The van der Waals surface area contributed by atoms with E-state index in [0.717, 1.165) is 11.5 Å². The average molecular weight is 200 g/mol. The van der Waals surface area contributed by atoms with E-state index in [1.165, 1.54) is 5.56 Å². The molecule has 0 atom stereocenters. The summed E-state index contributed by atoms with van der Waals surface area (Å²) < 4.78 is 5.65. The van der Waals surface area contributed by atoms with Gasteiger partial charge in [0.25, 0.3) is 0 Å². The quantitative estimate of drug-likeness (QED) is 0.527. The van der Waals surface area contributed by atoms with Crippen molar-refractivity contribution in [3.8, 4) is 5.75 Å². The first kappa shape index (κ1) is 11.3. The van der Waals surface area contributed by atoms with E-state index >= 15 is 0 Å². The topological polar surface area (TPSA) is 9.23 Å². The molecule has 0 heterocycles. The zero-order chi connectivity index (χ0) is 11.1. The monoisotopic (exact) mass is 200 g/mol. The number of benzene rings is 1. The highest BCUT2D eigenvalue weighted by molar-refractivity contribution is 5.30. The molecule has 0 fully saturated rings. The van der Waals surface area contributed by atoms with E-state index in [-0.39, 0.29) is 0 Å². The molecule has 78 valence electrons. The fourth-order valence-electron chi connectivity index (χ4n) is 1.15. The number of aryl methyl sites for hydroxylation is 1. The van der Waals surface area contributed by atoms with Crippen molar-refractivity contribution in [2.24, 2.45) is 0 Å². The van der Waals surface area contributed by atoms with Gasteiger partial charge in [-0.3, -0.25) is 0 Å². The van der Waals surface area contributed by atoms with Gasteiger partial charge in [-0.15, -0.1) is 0 Å². The third-order valence-electron chi connectivity index (χ3n) is 1.87. The first-order chi connectivity index (χ1) is 7.26. The van der Waals surface area contributed by atoms with Crippen molar-refractivity contribution in [2.45, 2.75) is 13.8 Å². The van der Waals surface area contributed by atoms with Crippen molar-refractivity contribution in [1.82, 2.24) is 0 Å². The molecule has 0 radical (unpaired) electrons. The Morgan fingerprint density at radius 1 is 1.27 bits per heavy atom. The van der Waals surface area contributed by atoms with Gasteiger partial charge in [-0.1, -0.05) is 36.4 Å². The lowest BCUT2D eigenvalue weighted by molar-refractivity contribution is 0.444. The van der Waals surface area contributed by atoms with Crippen LogP contribution >= 0.6 is 0 Å². The number of hydrogen-bond donors (Lipinski definition) is 0. The van der Waals surface area contributed by atoms with Crippen LogP contribution in [0.25, 0.3) is 0 Å². The molecule has 1 aromatic rings. The summed E-state index contributed by atoms with van der Waals surface area (Å²) in [5.41, 5.74) is 1.22. The molecule has 15 heavy (non-hydrogen) atoms. The third-order valence-corrected chi connectivity index (χ3v) is 1.87. The van der Waals surface area contributed by atoms with E-state index in [4.69, 9.17) is 4.74 Å². The molecule has 0 saturated carbocycles. The highest BCUT2D eigenvalue weighted by Gasteiger charge is 1.95. The maximum absolute atomic E-state index is 5.65. The van der Waals surface area contributed by atoms with Crippen LogP contribution in [0, 0.1) is 6.92 Å². The van der Waals surface area contributed by atoms with Gasteiger partial charge in [0, 0.05) is 0 Å². The number of ether oxygens (including phenoxy) is 1. The zero-order valence-corrected chi connectivity index (χ0v) is 9.23. The van der Waals surface area contributed by atoms with Gasteiger partial charge in [0.05, 0.1) is 0 Å². The second kappa shape index (κ2) is 5.86. The van der Waals surface area contributed by atoms with Crippen LogP contribution in [0.2, 0.25) is 0 Å². The Bertz CT molecular complexity index is 369. The fraction of sp³-hybridized carbons (Fsp3) is 0.143. The second-order valence-corrected chi connectivity index (χ2v) is 3.22. The van der Waals surface area contributed by atoms with E-state index in [2.05, 4.69) is 13.5 Å². The molecule has 1 aromatic carbocycles. The predicted molar refractivity (Wildman–Crippen MR) is 64.9 cm³/mol. The normalized spacial score (nSPS) is 11.7. The van der Waals surface area contributed by atoms with Crippen molar-refractivity contribution in [2.75, 3.05) is 0 Å². The maximum atomic E-state index is 5.65. The Morgan fingerprint density at radius 2 is 1.93 bits per heavy atom. The molecular formula is C14H16O. The molecule has 0 amide bonds. The van der Waals surface area contributed by atoms with Crippen molar-refractivity contribution < 1.29 is 4.74 Å². The Hall–Kier alpha value is -1.76. The summed E-state index contributed by atoms with van der Waals surface area (Å²) in [6, 6.07) is 7.96. The van der Waals surface area contributed by atoms with Crippen LogP contribution < -0.4 is 4.74 Å². The number of hydrogen-bond acceptors (Lipinski definition) is 1. The highest BCUT2D eigenvalue weighted by atomic mass is 16.5. The van der Waals surface area contributed by atoms with Crippen molar-refractivity contribution in [3.63, 3.8) is 0 Å². The maximum Gasteiger partial charge on any atom is 0.127 e. The Kier molecular flexibility index (Phi) is 4.42. The van der Waals surface area contributed by atoms with Crippen molar-refractivity contribution in [1.29, 1.82) is 0 Å². The Labute approximate surface area is 91.4 Å². The van der Waals surface area contributed by atoms with Gasteiger partial charge >= 0.3 is 0 Å². The van der Waals surface area contributed by atoms with E-state index in [0.29, 0.717) is 0 Å². The zero-order valence-electron chi connectivity index (χ0n) is 9.23. The van der Waals surface area contributed by atoms with Crippen LogP contribution in [0.1, 0.15) is 12.5 Å². The first-order valence-electron chi connectivity index (χ1n) is 4.96. The summed E-state index contributed by atoms with van der Waals surface area (Å²) in [6.45, 7) is 7.65. The fourth-order valence-corrected chi connectivity index (χ4v) is 1.15. The van der Waals surface area contributed by atoms with Crippen LogP contribution in [0.5, 0.6) is 5.75 Å². The standard InChI is InChI=1S/C14H16O/c1-4-6-13(7-5-2)15-14-10-8-12(3)9-11-14/h4-11H,1H2,2-3H3/b7-5-,13-6+. The first-order valence-corrected chi connectivity index (χ1v) is 4.96. The largest absolute Gasteiger partial charge is 0.457 e. The average Bonchev–Trinajstić information content (AvgIpc) is 2.22. The molecule has 0 aliphatic rings. The lowest BCUT2D eigenvalue weighted by atomic mass is 10.2. The molecule has 0 aromatic heterocycles. The van der Waals surface area contributed by atoms with Crippen molar-refractivity contribution in [3.05, 3.63) is 66.5 Å². The van der Waals surface area contributed by atoms with Crippen LogP contribution in [0.15, 0.2) is 60.9 Å². The minimum Gasteiger partial charge on any atom is -0.457 e. The van der Waals surface area contributed by atoms with Crippen molar-refractivity contribution >= 4 is 0 Å². The second-order valence-electron chi connectivity index (χ2n) is 3.22. The van der Waals surface area contributed by atoms with Gasteiger partial charge in [0.15, 0.2) is 0 Å². The number of allylic oxidation sites excluding steroid dienone is 4. The van der Waals surface area contributed by atoms with Crippen LogP contribution in [-0.2, 0) is 0 Å². The Balaban J connectivity index is 2.78. The molecule has 1 rings (SSSR count). The molecule has 0 unspecified atom stereocenters. The molecule has 1 heteroatoms. The SMILES string of the molecule is C=C/C=C(\C=C/C)Oc1ccc(C)cc1. The Morgan fingerprint density at radius 3 is 2.47 bits per heavy atom. The van der Waals surface area contributed by atoms with Gasteiger partial charge in [0.2, 0.25) is 0 Å². The summed E-state index contributed by atoms with van der Waals surface area (Å²) in [5.74, 6) is 1.63. The summed E-state index contributed by atoms with van der Waals surface area (Å²) in [6.07, 6.45) is 7.38. The lowest BCUT2D eigenvalue weighted by Crippen LogP contribution is -1.91. The van der Waals surface area contributed by atoms with Crippen LogP contribution in [0.4, 0.5) is 0 Å². The minimum absolute atomic E-state index is 0.788. The summed E-state index contributed by atoms with van der Waals surface area (Å²) in [5, 5.41) is 0. The van der Waals surface area contributed by atoms with Crippen LogP contribution in [0.3, 0.4) is 0 Å². The number of rotatable bonds is 4. The van der Waals surface area contributed by atoms with Gasteiger partial charge in [-0.05, 0) is 38.1 Å². The molecule has 0 bridgehead atoms. The lowest BCUT2D eigenvalue weighted by Gasteiger charge is -2.05. The molecular weight excluding hydrogens is 184 g/mol. The summed E-state index contributed by atoms with van der Waals surface area (Å²) in [7, 11) is 0. The molecule has 0 aliphatic carbocycles. The van der Waals surface area contributed by atoms with Crippen LogP contribution in [-0.4, -0.2) is 0 Å². The smallest absolute Gasteiger partial charge is 0.127 e. The summed E-state index contributed by atoms with van der Waals surface area (Å²) >= 11 is 0.